The van der Waals surface area contributed by atoms with Gasteiger partial charge in [-0.1, -0.05) is 17.4 Å². The number of benzene rings is 2. The van der Waals surface area contributed by atoms with E-state index < -0.39 is 4.92 Å². The van der Waals surface area contributed by atoms with Crippen LogP contribution in [0.1, 0.15) is 5.56 Å². The summed E-state index contributed by atoms with van der Waals surface area (Å²) in [5, 5.41) is 13.8. The summed E-state index contributed by atoms with van der Waals surface area (Å²) < 4.78 is 11.3. The molecule has 26 heavy (non-hydrogen) atoms. The fourth-order valence-electron chi connectivity index (χ4n) is 2.42. The lowest BCUT2D eigenvalue weighted by Gasteiger charge is -1.98. The zero-order valence-electron chi connectivity index (χ0n) is 13.2. The maximum Gasteiger partial charge on any atom is 0.271 e. The number of aromatic nitrogens is 1. The zero-order valence-corrected chi connectivity index (χ0v) is 14.0. The van der Waals surface area contributed by atoms with E-state index in [0.717, 1.165) is 10.3 Å². The molecule has 0 saturated heterocycles. The molecule has 0 saturated carbocycles. The minimum Gasteiger partial charge on any atom is -0.454 e. The quantitative estimate of drug-likeness (QED) is 0.428. The van der Waals surface area contributed by atoms with E-state index in [1.165, 1.54) is 29.5 Å². The molecule has 8 nitrogen and oxygen atoms in total. The molecular weight excluding hydrogens is 358 g/mol. The number of carbonyl (C=O) groups is 1. The van der Waals surface area contributed by atoms with E-state index in [9.17, 15) is 14.9 Å². The number of thiazole rings is 1. The van der Waals surface area contributed by atoms with E-state index in [2.05, 4.69) is 10.3 Å². The van der Waals surface area contributed by atoms with Crippen LogP contribution in [0.4, 0.5) is 10.8 Å². The molecule has 0 spiro atoms. The van der Waals surface area contributed by atoms with Crippen molar-refractivity contribution in [1.82, 2.24) is 4.98 Å². The predicted octanol–water partition coefficient (Wildman–Crippen LogP) is 3.59. The van der Waals surface area contributed by atoms with Gasteiger partial charge >= 0.3 is 0 Å². The molecule has 1 aromatic heterocycles. The SMILES string of the molecule is O=C(/C=C/c1ccc2c(c1)OCO2)Nc1nc2cc([N+](=O)[O-])ccc2s1. The average Bonchev–Trinajstić information content (AvgIpc) is 3.24. The minimum atomic E-state index is -0.481. The first-order chi connectivity index (χ1) is 12.6. The number of nitrogens with one attached hydrogen (secondary N) is 1. The molecule has 4 rings (SSSR count). The zero-order chi connectivity index (χ0) is 18.1. The van der Waals surface area contributed by atoms with Crippen LogP contribution in [0.25, 0.3) is 16.3 Å². The Kier molecular flexibility index (Phi) is 3.98. The van der Waals surface area contributed by atoms with Crippen LogP contribution < -0.4 is 14.8 Å². The Hall–Kier alpha value is -3.46. The van der Waals surface area contributed by atoms with Gasteiger partial charge in [0.15, 0.2) is 16.6 Å². The molecule has 0 fully saturated rings. The van der Waals surface area contributed by atoms with E-state index in [1.807, 2.05) is 6.07 Å². The average molecular weight is 369 g/mol. The van der Waals surface area contributed by atoms with Crippen molar-refractivity contribution in [2.24, 2.45) is 0 Å². The first-order valence-corrected chi connectivity index (χ1v) is 8.34. The van der Waals surface area contributed by atoms with Gasteiger partial charge in [0.2, 0.25) is 12.7 Å². The normalized spacial score (nSPS) is 12.6. The number of rotatable bonds is 4. The smallest absolute Gasteiger partial charge is 0.271 e. The van der Waals surface area contributed by atoms with Crippen molar-refractivity contribution in [1.29, 1.82) is 0 Å². The topological polar surface area (TPSA) is 104 Å². The number of amides is 1. The van der Waals surface area contributed by atoms with Crippen molar-refractivity contribution >= 4 is 44.4 Å². The van der Waals surface area contributed by atoms with E-state index in [4.69, 9.17) is 9.47 Å². The Morgan fingerprint density at radius 3 is 2.92 bits per heavy atom. The highest BCUT2D eigenvalue weighted by Crippen LogP contribution is 2.33. The lowest BCUT2D eigenvalue weighted by atomic mass is 10.2. The Bertz CT molecular complexity index is 1060. The number of nitro groups is 1. The monoisotopic (exact) mass is 369 g/mol. The molecule has 1 amide bonds. The van der Waals surface area contributed by atoms with E-state index >= 15 is 0 Å². The van der Waals surface area contributed by atoms with Crippen molar-refractivity contribution < 1.29 is 19.2 Å². The molecule has 3 aromatic rings. The number of fused-ring (bicyclic) bond motifs is 2. The van der Waals surface area contributed by atoms with Crippen LogP contribution in [-0.2, 0) is 4.79 Å². The van der Waals surface area contributed by atoms with Crippen LogP contribution in [0.2, 0.25) is 0 Å². The van der Waals surface area contributed by atoms with E-state index in [-0.39, 0.29) is 18.4 Å². The summed E-state index contributed by atoms with van der Waals surface area (Å²) in [5.74, 6) is 0.965. The molecule has 2 aromatic carbocycles. The molecule has 1 aliphatic rings. The van der Waals surface area contributed by atoms with Crippen molar-refractivity contribution in [3.63, 3.8) is 0 Å². The molecular formula is C17H11N3O5S. The summed E-state index contributed by atoms with van der Waals surface area (Å²) >= 11 is 1.25. The Morgan fingerprint density at radius 2 is 2.08 bits per heavy atom. The second-order valence-electron chi connectivity index (χ2n) is 5.36. The second-order valence-corrected chi connectivity index (χ2v) is 6.39. The number of anilines is 1. The summed E-state index contributed by atoms with van der Waals surface area (Å²) in [6.45, 7) is 0.193. The summed E-state index contributed by atoms with van der Waals surface area (Å²) in [7, 11) is 0. The van der Waals surface area contributed by atoms with Gasteiger partial charge < -0.3 is 9.47 Å². The van der Waals surface area contributed by atoms with Crippen LogP contribution in [0.3, 0.4) is 0 Å². The molecule has 9 heteroatoms. The van der Waals surface area contributed by atoms with Crippen LogP contribution in [0.15, 0.2) is 42.5 Å². The van der Waals surface area contributed by atoms with Crippen LogP contribution in [0, 0.1) is 10.1 Å². The van der Waals surface area contributed by atoms with Gasteiger partial charge in [-0.15, -0.1) is 0 Å². The molecule has 2 heterocycles. The van der Waals surface area contributed by atoms with Gasteiger partial charge in [0, 0.05) is 18.2 Å². The van der Waals surface area contributed by atoms with Gasteiger partial charge in [-0.25, -0.2) is 4.98 Å². The van der Waals surface area contributed by atoms with Crippen molar-refractivity contribution in [3.05, 3.63) is 58.2 Å². The third kappa shape index (κ3) is 3.20. The molecule has 0 bridgehead atoms. The van der Waals surface area contributed by atoms with Gasteiger partial charge in [-0.3, -0.25) is 20.2 Å². The van der Waals surface area contributed by atoms with E-state index in [1.54, 1.807) is 24.3 Å². The predicted molar refractivity (Wildman–Crippen MR) is 96.5 cm³/mol. The molecule has 130 valence electrons. The first-order valence-electron chi connectivity index (χ1n) is 7.52. The minimum absolute atomic E-state index is 0.0385. The fraction of sp³-hybridized carbons (Fsp3) is 0.0588. The number of nitrogens with zero attached hydrogens (tertiary/aromatic N) is 2. The van der Waals surface area contributed by atoms with Crippen molar-refractivity contribution in [2.45, 2.75) is 0 Å². The molecule has 0 aliphatic carbocycles. The van der Waals surface area contributed by atoms with Gasteiger partial charge in [0.25, 0.3) is 5.69 Å². The summed E-state index contributed by atoms with van der Waals surface area (Å²) in [6.07, 6.45) is 3.03. The third-order valence-electron chi connectivity index (χ3n) is 3.64. The number of hydrogen-bond acceptors (Lipinski definition) is 7. The third-order valence-corrected chi connectivity index (χ3v) is 4.59. The van der Waals surface area contributed by atoms with Gasteiger partial charge in [-0.2, -0.15) is 0 Å². The van der Waals surface area contributed by atoms with Crippen LogP contribution in [-0.4, -0.2) is 22.6 Å². The van der Waals surface area contributed by atoms with Gasteiger partial charge in [0.1, 0.15) is 0 Å². The lowest BCUT2D eigenvalue weighted by molar-refractivity contribution is -0.384. The molecule has 0 atom stereocenters. The summed E-state index contributed by atoms with van der Waals surface area (Å²) in [6, 6.07) is 9.77. The number of non-ortho nitro benzene ring substituents is 1. The summed E-state index contributed by atoms with van der Waals surface area (Å²) in [4.78, 5) is 26.6. The molecule has 1 aliphatic heterocycles. The van der Waals surface area contributed by atoms with Crippen molar-refractivity contribution in [3.8, 4) is 11.5 Å². The van der Waals surface area contributed by atoms with E-state index in [0.29, 0.717) is 22.1 Å². The first kappa shape index (κ1) is 16.0. The number of hydrogen-bond donors (Lipinski definition) is 1. The van der Waals surface area contributed by atoms with Crippen LogP contribution >= 0.6 is 11.3 Å². The van der Waals surface area contributed by atoms with Crippen LogP contribution in [0.5, 0.6) is 11.5 Å². The van der Waals surface area contributed by atoms with Crippen molar-refractivity contribution in [2.75, 3.05) is 12.1 Å². The highest BCUT2D eigenvalue weighted by atomic mass is 32.1. The van der Waals surface area contributed by atoms with Gasteiger partial charge in [-0.05, 0) is 29.8 Å². The standard InChI is InChI=1S/C17H11N3O5S/c21-16(6-2-10-1-4-13-14(7-10)25-9-24-13)19-17-18-12-8-11(20(22)23)3-5-15(12)26-17/h1-8H,9H2,(H,18,19,21)/b6-2+. The Labute approximate surface area is 150 Å². The largest absolute Gasteiger partial charge is 0.454 e. The number of carbonyl (C=O) groups excluding carboxylic acids is 1. The fourth-order valence-corrected chi connectivity index (χ4v) is 3.27. The Morgan fingerprint density at radius 1 is 1.23 bits per heavy atom. The lowest BCUT2D eigenvalue weighted by Crippen LogP contribution is -2.07. The number of ether oxygens (including phenoxy) is 2. The molecule has 0 unspecified atom stereocenters. The second kappa shape index (κ2) is 6.45. The molecule has 1 N–H and O–H groups in total. The summed E-state index contributed by atoms with van der Waals surface area (Å²) in [5.41, 5.74) is 1.23. The number of nitro benzene ring substituents is 1. The molecule has 0 radical (unpaired) electrons. The maximum atomic E-state index is 12.1. The highest BCUT2D eigenvalue weighted by molar-refractivity contribution is 7.22. The Balaban J connectivity index is 1.47. The highest BCUT2D eigenvalue weighted by Gasteiger charge is 2.13. The van der Waals surface area contributed by atoms with Gasteiger partial charge in [0.05, 0.1) is 15.1 Å². The maximum absolute atomic E-state index is 12.1.